The van der Waals surface area contributed by atoms with Gasteiger partial charge in [-0.05, 0) is 45.7 Å². The number of ether oxygens (including phenoxy) is 2. The standard InChI is InChI=1S/C22H33N3O4/c1-7-8-9-13-22(5,27-6)19-24-18(25-29-19)17-12-10-11-16(14-17)15-23-20(26)28-21(2,3)4/h10-12,14H,7-9,13,15H2,1-6H3,(H,23,26). The molecule has 0 bridgehead atoms. The van der Waals surface area contributed by atoms with Crippen molar-refractivity contribution in [1.82, 2.24) is 15.5 Å². The third-order valence-electron chi connectivity index (χ3n) is 4.61. The first-order chi connectivity index (χ1) is 13.7. The van der Waals surface area contributed by atoms with E-state index in [1.54, 1.807) is 7.11 Å². The van der Waals surface area contributed by atoms with E-state index >= 15 is 0 Å². The maximum Gasteiger partial charge on any atom is 0.407 e. The second-order valence-corrected chi connectivity index (χ2v) is 8.37. The van der Waals surface area contributed by atoms with Gasteiger partial charge in [-0.25, -0.2) is 4.79 Å². The topological polar surface area (TPSA) is 86.5 Å². The van der Waals surface area contributed by atoms with Gasteiger partial charge in [-0.3, -0.25) is 0 Å². The second kappa shape index (κ2) is 9.87. The monoisotopic (exact) mass is 403 g/mol. The summed E-state index contributed by atoms with van der Waals surface area (Å²) in [6.45, 7) is 9.98. The molecule has 0 aliphatic heterocycles. The van der Waals surface area contributed by atoms with Gasteiger partial charge >= 0.3 is 6.09 Å². The van der Waals surface area contributed by atoms with Crippen LogP contribution in [0.2, 0.25) is 0 Å². The van der Waals surface area contributed by atoms with Gasteiger partial charge in [0.2, 0.25) is 5.82 Å². The molecule has 1 unspecified atom stereocenters. The summed E-state index contributed by atoms with van der Waals surface area (Å²) in [6, 6.07) is 7.65. The number of rotatable bonds is 9. The Bertz CT molecular complexity index is 797. The minimum absolute atomic E-state index is 0.347. The largest absolute Gasteiger partial charge is 0.444 e. The number of hydrogen-bond donors (Lipinski definition) is 1. The van der Waals surface area contributed by atoms with E-state index in [1.807, 2.05) is 52.0 Å². The fourth-order valence-electron chi connectivity index (χ4n) is 2.87. The molecule has 2 aromatic rings. The summed E-state index contributed by atoms with van der Waals surface area (Å²) in [5.41, 5.74) is 0.599. The number of nitrogens with zero attached hydrogens (tertiary/aromatic N) is 2. The minimum Gasteiger partial charge on any atom is -0.444 e. The molecule has 1 atom stereocenters. The SMILES string of the molecule is CCCCCC(C)(OC)c1nc(-c2cccc(CNC(=O)OC(C)(C)C)c2)no1. The zero-order chi connectivity index (χ0) is 21.5. The third kappa shape index (κ3) is 6.85. The molecular weight excluding hydrogens is 370 g/mol. The van der Waals surface area contributed by atoms with E-state index in [1.165, 1.54) is 0 Å². The van der Waals surface area contributed by atoms with Crippen LogP contribution in [-0.2, 0) is 21.6 Å². The van der Waals surface area contributed by atoms with Crippen LogP contribution < -0.4 is 5.32 Å². The summed E-state index contributed by atoms with van der Waals surface area (Å²) in [6.07, 6.45) is 3.67. The number of unbranched alkanes of at least 4 members (excludes halogenated alkanes) is 2. The van der Waals surface area contributed by atoms with Crippen molar-refractivity contribution in [2.75, 3.05) is 7.11 Å². The van der Waals surface area contributed by atoms with Gasteiger partial charge in [-0.1, -0.05) is 49.5 Å². The fraction of sp³-hybridized carbons (Fsp3) is 0.591. The molecule has 2 rings (SSSR count). The van der Waals surface area contributed by atoms with Crippen molar-refractivity contribution in [2.45, 2.75) is 78.0 Å². The van der Waals surface area contributed by atoms with E-state index in [0.29, 0.717) is 18.3 Å². The van der Waals surface area contributed by atoms with Crippen molar-refractivity contribution in [1.29, 1.82) is 0 Å². The van der Waals surface area contributed by atoms with E-state index in [9.17, 15) is 4.79 Å². The molecule has 29 heavy (non-hydrogen) atoms. The smallest absolute Gasteiger partial charge is 0.407 e. The second-order valence-electron chi connectivity index (χ2n) is 8.37. The van der Waals surface area contributed by atoms with Gasteiger partial charge < -0.3 is 19.3 Å². The zero-order valence-electron chi connectivity index (χ0n) is 18.4. The molecule has 0 aliphatic carbocycles. The maximum atomic E-state index is 11.9. The number of amides is 1. The van der Waals surface area contributed by atoms with E-state index in [0.717, 1.165) is 36.8 Å². The lowest BCUT2D eigenvalue weighted by molar-refractivity contribution is -0.0328. The molecule has 1 heterocycles. The van der Waals surface area contributed by atoms with E-state index in [-0.39, 0.29) is 0 Å². The Labute approximate surface area is 173 Å². The summed E-state index contributed by atoms with van der Waals surface area (Å²) in [7, 11) is 1.67. The average Bonchev–Trinajstić information content (AvgIpc) is 3.16. The van der Waals surface area contributed by atoms with Crippen molar-refractivity contribution >= 4 is 6.09 Å². The normalized spacial score (nSPS) is 13.7. The number of nitrogens with one attached hydrogen (secondary N) is 1. The number of alkyl carbamates (subject to hydrolysis) is 1. The number of carbonyl (C=O) groups is 1. The summed E-state index contributed by atoms with van der Waals surface area (Å²) < 4.78 is 16.5. The fourth-order valence-corrected chi connectivity index (χ4v) is 2.87. The predicted molar refractivity (Wildman–Crippen MR) is 111 cm³/mol. The van der Waals surface area contributed by atoms with Crippen LogP contribution in [0.5, 0.6) is 0 Å². The summed E-state index contributed by atoms with van der Waals surface area (Å²) >= 11 is 0. The Morgan fingerprint density at radius 2 is 1.97 bits per heavy atom. The number of benzene rings is 1. The lowest BCUT2D eigenvalue weighted by Gasteiger charge is -2.23. The molecule has 0 aliphatic rings. The minimum atomic E-state index is -0.601. The lowest BCUT2D eigenvalue weighted by atomic mass is 9.98. The summed E-state index contributed by atoms with van der Waals surface area (Å²) in [4.78, 5) is 16.4. The average molecular weight is 404 g/mol. The molecule has 0 saturated heterocycles. The quantitative estimate of drug-likeness (QED) is 0.579. The molecule has 7 heteroatoms. The summed E-state index contributed by atoms with van der Waals surface area (Å²) in [5, 5.41) is 6.89. The highest BCUT2D eigenvalue weighted by atomic mass is 16.6. The molecule has 1 aromatic carbocycles. The van der Waals surface area contributed by atoms with Gasteiger partial charge in [0, 0.05) is 19.2 Å². The van der Waals surface area contributed by atoms with Crippen LogP contribution in [0.25, 0.3) is 11.4 Å². The van der Waals surface area contributed by atoms with Gasteiger partial charge in [-0.2, -0.15) is 4.98 Å². The van der Waals surface area contributed by atoms with Gasteiger partial charge in [0.05, 0.1) is 0 Å². The van der Waals surface area contributed by atoms with Crippen LogP contribution in [0.3, 0.4) is 0 Å². The van der Waals surface area contributed by atoms with E-state index in [2.05, 4.69) is 22.4 Å². The molecule has 7 nitrogen and oxygen atoms in total. The van der Waals surface area contributed by atoms with Crippen molar-refractivity contribution < 1.29 is 18.8 Å². The van der Waals surface area contributed by atoms with Crippen molar-refractivity contribution in [3.63, 3.8) is 0 Å². The zero-order valence-corrected chi connectivity index (χ0v) is 18.4. The Kier molecular flexibility index (Phi) is 7.79. The summed E-state index contributed by atoms with van der Waals surface area (Å²) in [5.74, 6) is 0.973. The Hall–Kier alpha value is -2.41. The van der Waals surface area contributed by atoms with Crippen LogP contribution in [0.15, 0.2) is 28.8 Å². The molecular formula is C22H33N3O4. The van der Waals surface area contributed by atoms with Crippen LogP contribution in [0, 0.1) is 0 Å². The molecule has 160 valence electrons. The highest BCUT2D eigenvalue weighted by Gasteiger charge is 2.32. The van der Waals surface area contributed by atoms with Crippen LogP contribution in [0.1, 0.15) is 71.8 Å². The third-order valence-corrected chi connectivity index (χ3v) is 4.61. The Morgan fingerprint density at radius 1 is 1.21 bits per heavy atom. The molecule has 1 amide bonds. The predicted octanol–water partition coefficient (Wildman–Crippen LogP) is 5.20. The first-order valence-corrected chi connectivity index (χ1v) is 10.1. The molecule has 1 aromatic heterocycles. The Morgan fingerprint density at radius 3 is 2.62 bits per heavy atom. The first-order valence-electron chi connectivity index (χ1n) is 10.1. The first kappa shape index (κ1) is 22.9. The highest BCUT2D eigenvalue weighted by Crippen LogP contribution is 2.31. The van der Waals surface area contributed by atoms with Crippen molar-refractivity contribution in [3.8, 4) is 11.4 Å². The number of aromatic nitrogens is 2. The molecule has 0 fully saturated rings. The van der Waals surface area contributed by atoms with Crippen molar-refractivity contribution in [2.24, 2.45) is 0 Å². The molecule has 0 saturated carbocycles. The van der Waals surface area contributed by atoms with Crippen molar-refractivity contribution in [3.05, 3.63) is 35.7 Å². The van der Waals surface area contributed by atoms with Crippen LogP contribution >= 0.6 is 0 Å². The van der Waals surface area contributed by atoms with Gasteiger partial charge in [0.15, 0.2) is 0 Å². The maximum absolute atomic E-state index is 11.9. The Balaban J connectivity index is 2.08. The lowest BCUT2D eigenvalue weighted by Crippen LogP contribution is -2.32. The van der Waals surface area contributed by atoms with Crippen LogP contribution in [0.4, 0.5) is 4.79 Å². The van der Waals surface area contributed by atoms with Gasteiger partial charge in [0.25, 0.3) is 5.89 Å². The van der Waals surface area contributed by atoms with E-state index in [4.69, 9.17) is 14.0 Å². The van der Waals surface area contributed by atoms with Gasteiger partial charge in [0.1, 0.15) is 11.2 Å². The van der Waals surface area contributed by atoms with Gasteiger partial charge in [-0.15, -0.1) is 0 Å². The number of carbonyl (C=O) groups excluding carboxylic acids is 1. The van der Waals surface area contributed by atoms with E-state index < -0.39 is 17.3 Å². The van der Waals surface area contributed by atoms with Crippen LogP contribution in [-0.4, -0.2) is 28.9 Å². The molecule has 1 N–H and O–H groups in total. The molecule has 0 spiro atoms. The number of hydrogen-bond acceptors (Lipinski definition) is 6. The molecule has 0 radical (unpaired) electrons. The highest BCUT2D eigenvalue weighted by molar-refractivity contribution is 5.67. The number of methoxy groups -OCH3 is 1.